The summed E-state index contributed by atoms with van der Waals surface area (Å²) in [5, 5.41) is 3.31. The fourth-order valence-electron chi connectivity index (χ4n) is 6.51. The molecule has 9 rings (SSSR count). The van der Waals surface area contributed by atoms with Crippen molar-refractivity contribution >= 4 is 38.4 Å². The maximum atomic E-state index is 5.14. The second-order valence-corrected chi connectivity index (χ2v) is 9.71. The third kappa shape index (κ3) is 2.15. The standard InChI is InChI=1S/C31H18N4/c1-2-4-19-17(3-1)11-24-20(19)5-6-21-23-14-30-28(13-18(23)12-25(21)24)34-31-27-16-32-9-7-22(27)26-15-33-10-8-29(26)35(30)31/h1-10,13-16H,11-12H2. The van der Waals surface area contributed by atoms with Crippen LogP contribution >= 0.6 is 0 Å². The van der Waals surface area contributed by atoms with Gasteiger partial charge in [-0.3, -0.25) is 14.4 Å². The minimum Gasteiger partial charge on any atom is -0.292 e. The maximum absolute atomic E-state index is 5.14. The Morgan fingerprint density at radius 1 is 0.600 bits per heavy atom. The third-order valence-electron chi connectivity index (χ3n) is 8.03. The van der Waals surface area contributed by atoms with Crippen LogP contribution in [0.3, 0.4) is 0 Å². The molecule has 0 unspecified atom stereocenters. The highest BCUT2D eigenvalue weighted by Crippen LogP contribution is 2.47. The number of hydrogen-bond donors (Lipinski definition) is 0. The number of imidazole rings is 1. The monoisotopic (exact) mass is 446 g/mol. The Balaban J connectivity index is 1.36. The molecule has 0 N–H and O–H groups in total. The summed E-state index contributed by atoms with van der Waals surface area (Å²) < 4.78 is 2.29. The van der Waals surface area contributed by atoms with Gasteiger partial charge in [-0.15, -0.1) is 0 Å². The molecule has 0 spiro atoms. The van der Waals surface area contributed by atoms with E-state index in [1.165, 1.54) is 44.5 Å². The highest BCUT2D eigenvalue weighted by Gasteiger charge is 2.28. The minimum atomic E-state index is 0.954. The first-order valence-corrected chi connectivity index (χ1v) is 12.0. The van der Waals surface area contributed by atoms with E-state index in [0.29, 0.717) is 0 Å². The van der Waals surface area contributed by atoms with E-state index in [4.69, 9.17) is 4.98 Å². The van der Waals surface area contributed by atoms with Crippen LogP contribution < -0.4 is 0 Å². The predicted octanol–water partition coefficient (Wildman–Crippen LogP) is 6.73. The van der Waals surface area contributed by atoms with Crippen molar-refractivity contribution in [3.05, 3.63) is 108 Å². The van der Waals surface area contributed by atoms with Crippen molar-refractivity contribution in [2.75, 3.05) is 0 Å². The number of benzene rings is 3. The fourth-order valence-corrected chi connectivity index (χ4v) is 6.51. The van der Waals surface area contributed by atoms with Gasteiger partial charge in [0.05, 0.1) is 16.6 Å². The van der Waals surface area contributed by atoms with Gasteiger partial charge in [-0.1, -0.05) is 36.4 Å². The molecular formula is C31H18N4. The molecule has 0 radical (unpaired) electrons. The van der Waals surface area contributed by atoms with E-state index >= 15 is 0 Å². The van der Waals surface area contributed by atoms with Gasteiger partial charge in [0.2, 0.25) is 0 Å². The van der Waals surface area contributed by atoms with Gasteiger partial charge in [0.25, 0.3) is 0 Å². The number of aromatic nitrogens is 4. The minimum absolute atomic E-state index is 0.954. The van der Waals surface area contributed by atoms with Crippen LogP contribution in [0.1, 0.15) is 22.3 Å². The van der Waals surface area contributed by atoms with Crippen molar-refractivity contribution in [3.8, 4) is 22.3 Å². The maximum Gasteiger partial charge on any atom is 0.147 e. The van der Waals surface area contributed by atoms with Crippen molar-refractivity contribution < 1.29 is 0 Å². The van der Waals surface area contributed by atoms with Crippen LogP contribution in [0.2, 0.25) is 0 Å². The summed E-state index contributed by atoms with van der Waals surface area (Å²) in [6.45, 7) is 0. The van der Waals surface area contributed by atoms with Gasteiger partial charge in [-0.25, -0.2) is 4.98 Å². The zero-order valence-electron chi connectivity index (χ0n) is 18.8. The van der Waals surface area contributed by atoms with Crippen molar-refractivity contribution in [1.29, 1.82) is 0 Å². The summed E-state index contributed by atoms with van der Waals surface area (Å²) in [6.07, 6.45) is 9.58. The van der Waals surface area contributed by atoms with Gasteiger partial charge < -0.3 is 0 Å². The average Bonchev–Trinajstić information content (AvgIpc) is 3.58. The quantitative estimate of drug-likeness (QED) is 0.243. The molecule has 2 aliphatic rings. The summed E-state index contributed by atoms with van der Waals surface area (Å²) >= 11 is 0. The molecule has 0 saturated carbocycles. The van der Waals surface area contributed by atoms with Crippen LogP contribution in [0, 0.1) is 0 Å². The summed E-state index contributed by atoms with van der Waals surface area (Å²) in [6, 6.07) is 22.3. The zero-order chi connectivity index (χ0) is 22.7. The Kier molecular flexibility index (Phi) is 3.11. The smallest absolute Gasteiger partial charge is 0.147 e. The molecule has 3 aromatic carbocycles. The van der Waals surface area contributed by atoms with Gasteiger partial charge in [-0.05, 0) is 87.0 Å². The van der Waals surface area contributed by atoms with Gasteiger partial charge in [0, 0.05) is 35.6 Å². The first kappa shape index (κ1) is 17.8. The van der Waals surface area contributed by atoms with Crippen molar-refractivity contribution in [2.24, 2.45) is 0 Å². The highest BCUT2D eigenvalue weighted by molar-refractivity contribution is 6.13. The Labute approximate surface area is 200 Å². The first-order chi connectivity index (χ1) is 17.3. The first-order valence-electron chi connectivity index (χ1n) is 12.0. The molecule has 0 atom stereocenters. The molecule has 162 valence electrons. The van der Waals surface area contributed by atoms with E-state index in [2.05, 4.69) is 75.0 Å². The number of pyridine rings is 3. The van der Waals surface area contributed by atoms with Crippen LogP contribution in [0.25, 0.3) is 60.6 Å². The lowest BCUT2D eigenvalue weighted by molar-refractivity contribution is 1.16. The number of nitrogens with zero attached hydrogens (tertiary/aromatic N) is 4. The Hall–Kier alpha value is -4.57. The van der Waals surface area contributed by atoms with Crippen LogP contribution in [-0.4, -0.2) is 19.4 Å². The lowest BCUT2D eigenvalue weighted by Crippen LogP contribution is -1.92. The second kappa shape index (κ2) is 6.10. The van der Waals surface area contributed by atoms with Gasteiger partial charge in [-0.2, -0.15) is 0 Å². The van der Waals surface area contributed by atoms with Crippen LogP contribution in [0.15, 0.2) is 85.5 Å². The fraction of sp³-hybridized carbons (Fsp3) is 0.0645. The molecule has 0 saturated heterocycles. The summed E-state index contributed by atoms with van der Waals surface area (Å²) in [4.78, 5) is 14.0. The van der Waals surface area contributed by atoms with Crippen LogP contribution in [0.4, 0.5) is 0 Å². The van der Waals surface area contributed by atoms with E-state index in [-0.39, 0.29) is 0 Å². The molecule has 7 aromatic rings. The Bertz CT molecular complexity index is 2070. The van der Waals surface area contributed by atoms with E-state index < -0.39 is 0 Å². The van der Waals surface area contributed by atoms with E-state index in [1.807, 2.05) is 24.8 Å². The number of hydrogen-bond acceptors (Lipinski definition) is 3. The molecule has 4 nitrogen and oxygen atoms in total. The Morgan fingerprint density at radius 3 is 2.29 bits per heavy atom. The topological polar surface area (TPSA) is 43.1 Å². The number of rotatable bonds is 0. The molecule has 0 bridgehead atoms. The van der Waals surface area contributed by atoms with E-state index in [0.717, 1.165) is 51.2 Å². The summed E-state index contributed by atoms with van der Waals surface area (Å²) in [5.74, 6) is 0. The SMILES string of the molecule is c1ccc2c(c1)Cc1c-2ccc2c1Cc1cc3nc4c5cnccc5c5cnccc5n4c3cc1-2. The largest absolute Gasteiger partial charge is 0.292 e. The molecule has 0 amide bonds. The summed E-state index contributed by atoms with van der Waals surface area (Å²) in [5.41, 5.74) is 15.5. The zero-order valence-corrected chi connectivity index (χ0v) is 18.8. The molecule has 35 heavy (non-hydrogen) atoms. The molecule has 4 aromatic heterocycles. The molecule has 4 heteroatoms. The lowest BCUT2D eigenvalue weighted by Gasteiger charge is -2.09. The molecule has 0 aliphatic heterocycles. The Morgan fingerprint density at radius 2 is 1.37 bits per heavy atom. The van der Waals surface area contributed by atoms with Gasteiger partial charge in [0.15, 0.2) is 0 Å². The lowest BCUT2D eigenvalue weighted by atomic mass is 9.96. The average molecular weight is 447 g/mol. The van der Waals surface area contributed by atoms with Crippen molar-refractivity contribution in [1.82, 2.24) is 19.4 Å². The van der Waals surface area contributed by atoms with E-state index in [1.54, 1.807) is 0 Å². The van der Waals surface area contributed by atoms with Crippen molar-refractivity contribution in [3.63, 3.8) is 0 Å². The third-order valence-corrected chi connectivity index (χ3v) is 8.03. The van der Waals surface area contributed by atoms with Crippen molar-refractivity contribution in [2.45, 2.75) is 12.8 Å². The molecule has 0 fully saturated rings. The van der Waals surface area contributed by atoms with Gasteiger partial charge in [0.1, 0.15) is 5.65 Å². The highest BCUT2D eigenvalue weighted by atomic mass is 15.0. The molecule has 2 aliphatic carbocycles. The van der Waals surface area contributed by atoms with Gasteiger partial charge >= 0.3 is 0 Å². The van der Waals surface area contributed by atoms with Crippen LogP contribution in [-0.2, 0) is 12.8 Å². The van der Waals surface area contributed by atoms with Crippen LogP contribution in [0.5, 0.6) is 0 Å². The molecule has 4 heterocycles. The molecular weight excluding hydrogens is 428 g/mol. The number of fused-ring (bicyclic) bond motifs is 15. The summed E-state index contributed by atoms with van der Waals surface area (Å²) in [7, 11) is 0. The normalized spacial score (nSPS) is 13.5. The van der Waals surface area contributed by atoms with E-state index in [9.17, 15) is 0 Å². The second-order valence-electron chi connectivity index (χ2n) is 9.71. The predicted molar refractivity (Wildman–Crippen MR) is 140 cm³/mol.